The van der Waals surface area contributed by atoms with E-state index in [0.29, 0.717) is 11.8 Å². The molecule has 0 aliphatic carbocycles. The predicted molar refractivity (Wildman–Crippen MR) is 80.6 cm³/mol. The van der Waals surface area contributed by atoms with Crippen LogP contribution in [-0.2, 0) is 0 Å². The molecule has 0 saturated carbocycles. The topological polar surface area (TPSA) is 6.48 Å². The summed E-state index contributed by atoms with van der Waals surface area (Å²) in [4.78, 5) is 4.63. The van der Waals surface area contributed by atoms with Crippen LogP contribution in [0.5, 0.6) is 0 Å². The van der Waals surface area contributed by atoms with Crippen molar-refractivity contribution in [2.24, 2.45) is 11.8 Å². The first kappa shape index (κ1) is 12.2. The summed E-state index contributed by atoms with van der Waals surface area (Å²) >= 11 is 0. The van der Waals surface area contributed by atoms with E-state index in [4.69, 9.17) is 0 Å². The lowest BCUT2D eigenvalue weighted by Crippen LogP contribution is -2.27. The fourth-order valence-corrected chi connectivity index (χ4v) is 3.89. The quantitative estimate of drug-likeness (QED) is 0.786. The molecule has 0 radical (unpaired) electrons. The summed E-state index contributed by atoms with van der Waals surface area (Å²) in [6.45, 7) is 4.28. The summed E-state index contributed by atoms with van der Waals surface area (Å²) < 4.78 is 14.7. The van der Waals surface area contributed by atoms with E-state index in [-0.39, 0.29) is 5.82 Å². The van der Waals surface area contributed by atoms with E-state index >= 15 is 0 Å². The minimum absolute atomic E-state index is 0.0589. The predicted octanol–water partition coefficient (Wildman–Crippen LogP) is 2.98. The molecule has 2 aliphatic rings. The Morgan fingerprint density at radius 3 is 2.40 bits per heavy atom. The molecule has 2 aromatic carbocycles. The molecule has 0 amide bonds. The molecule has 2 atom stereocenters. The first-order valence-electron chi connectivity index (χ1n) is 7.33. The zero-order valence-corrected chi connectivity index (χ0v) is 11.7. The van der Waals surface area contributed by atoms with Crippen LogP contribution in [0.15, 0.2) is 36.4 Å². The summed E-state index contributed by atoms with van der Waals surface area (Å²) in [5.41, 5.74) is 0.778. The van der Waals surface area contributed by atoms with Gasteiger partial charge in [-0.05, 0) is 30.3 Å². The summed E-state index contributed by atoms with van der Waals surface area (Å²) in [5, 5.41) is 1.71. The highest BCUT2D eigenvalue weighted by molar-refractivity contribution is 5.86. The van der Waals surface area contributed by atoms with Gasteiger partial charge in [0, 0.05) is 31.6 Å². The van der Waals surface area contributed by atoms with Crippen molar-refractivity contribution >= 4 is 16.5 Å². The van der Waals surface area contributed by atoms with Crippen molar-refractivity contribution in [2.45, 2.75) is 0 Å². The standard InChI is InChI=1S/C17H19FN2/c1-19-8-13-10-20(11-14(13)9-19)16-7-6-12-4-2-3-5-15(12)17(16)18/h2-7,13-14H,8-11H2,1H3. The third-order valence-corrected chi connectivity index (χ3v) is 4.85. The van der Waals surface area contributed by atoms with E-state index in [2.05, 4.69) is 16.8 Å². The molecule has 2 fully saturated rings. The van der Waals surface area contributed by atoms with E-state index < -0.39 is 0 Å². The van der Waals surface area contributed by atoms with Gasteiger partial charge in [-0.2, -0.15) is 0 Å². The number of anilines is 1. The zero-order valence-electron chi connectivity index (χ0n) is 11.7. The van der Waals surface area contributed by atoms with Gasteiger partial charge in [0.1, 0.15) is 0 Å². The highest BCUT2D eigenvalue weighted by Gasteiger charge is 2.39. The van der Waals surface area contributed by atoms with Gasteiger partial charge in [-0.15, -0.1) is 0 Å². The maximum atomic E-state index is 14.7. The van der Waals surface area contributed by atoms with Gasteiger partial charge in [0.2, 0.25) is 0 Å². The number of hydrogen-bond donors (Lipinski definition) is 0. The molecule has 2 aliphatic heterocycles. The number of benzene rings is 2. The molecule has 0 aromatic heterocycles. The van der Waals surface area contributed by atoms with Crippen LogP contribution in [0.2, 0.25) is 0 Å². The summed E-state index contributed by atoms with van der Waals surface area (Å²) in [5.74, 6) is 1.34. The Hall–Kier alpha value is -1.61. The highest BCUT2D eigenvalue weighted by atomic mass is 19.1. The Balaban J connectivity index is 1.68. The van der Waals surface area contributed by atoms with E-state index in [1.165, 1.54) is 0 Å². The first-order valence-corrected chi connectivity index (χ1v) is 7.33. The molecule has 2 aromatic rings. The second kappa shape index (κ2) is 4.45. The molecule has 2 nitrogen and oxygen atoms in total. The van der Waals surface area contributed by atoms with Crippen molar-refractivity contribution in [1.29, 1.82) is 0 Å². The third kappa shape index (κ3) is 1.80. The number of likely N-dealkylation sites (tertiary alicyclic amines) is 1. The van der Waals surface area contributed by atoms with Crippen LogP contribution in [0.3, 0.4) is 0 Å². The number of nitrogens with zero attached hydrogens (tertiary/aromatic N) is 2. The Kier molecular flexibility index (Phi) is 2.71. The van der Waals surface area contributed by atoms with Gasteiger partial charge in [-0.3, -0.25) is 0 Å². The molecular weight excluding hydrogens is 251 g/mol. The minimum Gasteiger partial charge on any atom is -0.368 e. The lowest BCUT2D eigenvalue weighted by atomic mass is 10.0. The Morgan fingerprint density at radius 1 is 0.950 bits per heavy atom. The molecular formula is C17H19FN2. The normalized spacial score (nSPS) is 26.4. The minimum atomic E-state index is -0.0589. The van der Waals surface area contributed by atoms with Gasteiger partial charge >= 0.3 is 0 Å². The number of hydrogen-bond acceptors (Lipinski definition) is 2. The highest BCUT2D eigenvalue weighted by Crippen LogP contribution is 2.36. The van der Waals surface area contributed by atoms with Crippen molar-refractivity contribution in [3.05, 3.63) is 42.2 Å². The molecule has 3 heteroatoms. The van der Waals surface area contributed by atoms with Crippen LogP contribution in [0.1, 0.15) is 0 Å². The smallest absolute Gasteiger partial charge is 0.154 e. The fraction of sp³-hybridized carbons (Fsp3) is 0.412. The Morgan fingerprint density at radius 2 is 1.65 bits per heavy atom. The number of fused-ring (bicyclic) bond motifs is 2. The second-order valence-corrected chi connectivity index (χ2v) is 6.27. The summed E-state index contributed by atoms with van der Waals surface area (Å²) in [7, 11) is 2.18. The average molecular weight is 270 g/mol. The van der Waals surface area contributed by atoms with Gasteiger partial charge < -0.3 is 9.80 Å². The molecule has 2 heterocycles. The van der Waals surface area contributed by atoms with Crippen LogP contribution in [0, 0.1) is 17.7 Å². The van der Waals surface area contributed by atoms with Gasteiger partial charge in [-0.25, -0.2) is 4.39 Å². The first-order chi connectivity index (χ1) is 9.72. The molecule has 0 spiro atoms. The van der Waals surface area contributed by atoms with E-state index in [0.717, 1.165) is 42.6 Å². The largest absolute Gasteiger partial charge is 0.368 e. The molecule has 104 valence electrons. The second-order valence-electron chi connectivity index (χ2n) is 6.27. The van der Waals surface area contributed by atoms with Gasteiger partial charge in [0.25, 0.3) is 0 Å². The molecule has 0 N–H and O–H groups in total. The van der Waals surface area contributed by atoms with Crippen molar-refractivity contribution in [3.63, 3.8) is 0 Å². The maximum Gasteiger partial charge on any atom is 0.154 e. The third-order valence-electron chi connectivity index (χ3n) is 4.85. The zero-order chi connectivity index (χ0) is 13.7. The maximum absolute atomic E-state index is 14.7. The van der Waals surface area contributed by atoms with E-state index in [1.807, 2.05) is 36.4 Å². The fourth-order valence-electron chi connectivity index (χ4n) is 3.89. The SMILES string of the molecule is CN1CC2CN(c3ccc4ccccc4c3F)CC2C1. The Labute approximate surface area is 118 Å². The van der Waals surface area contributed by atoms with Crippen LogP contribution in [0.4, 0.5) is 10.1 Å². The van der Waals surface area contributed by atoms with Crippen LogP contribution < -0.4 is 4.90 Å². The molecule has 0 bridgehead atoms. The van der Waals surface area contributed by atoms with Crippen molar-refractivity contribution < 1.29 is 4.39 Å². The van der Waals surface area contributed by atoms with Crippen LogP contribution in [-0.4, -0.2) is 38.1 Å². The number of rotatable bonds is 1. The van der Waals surface area contributed by atoms with Gasteiger partial charge in [0.15, 0.2) is 5.82 Å². The lowest BCUT2D eigenvalue weighted by molar-refractivity contribution is 0.386. The summed E-state index contributed by atoms with van der Waals surface area (Å²) in [6, 6.07) is 11.7. The van der Waals surface area contributed by atoms with Gasteiger partial charge in [0.05, 0.1) is 5.69 Å². The van der Waals surface area contributed by atoms with Crippen LogP contribution >= 0.6 is 0 Å². The molecule has 4 rings (SSSR count). The molecule has 2 unspecified atom stereocenters. The number of halogens is 1. The molecule has 20 heavy (non-hydrogen) atoms. The lowest BCUT2D eigenvalue weighted by Gasteiger charge is -2.22. The Bertz CT molecular complexity index is 640. The van der Waals surface area contributed by atoms with Crippen molar-refractivity contribution in [1.82, 2.24) is 4.90 Å². The van der Waals surface area contributed by atoms with E-state index in [1.54, 1.807) is 0 Å². The van der Waals surface area contributed by atoms with Crippen molar-refractivity contribution in [3.8, 4) is 0 Å². The summed E-state index contributed by atoms with van der Waals surface area (Å²) in [6.07, 6.45) is 0. The van der Waals surface area contributed by atoms with E-state index in [9.17, 15) is 4.39 Å². The average Bonchev–Trinajstić information content (AvgIpc) is 2.96. The van der Waals surface area contributed by atoms with Crippen LogP contribution in [0.25, 0.3) is 10.8 Å². The molecule has 2 saturated heterocycles. The monoisotopic (exact) mass is 270 g/mol. The van der Waals surface area contributed by atoms with Gasteiger partial charge in [-0.1, -0.05) is 30.3 Å². The van der Waals surface area contributed by atoms with Crippen molar-refractivity contribution in [2.75, 3.05) is 38.1 Å².